The Morgan fingerprint density at radius 1 is 1.32 bits per heavy atom. The standard InChI is InChI=1S/C13H20F2N2O.ClH/c14-13(15)6-10(16-8-13)11(18)17-7-12(4-1-5-12)9-2-3-9;/h9-10,16H,1-8H2,(H,17,18);1H. The quantitative estimate of drug-likeness (QED) is 0.834. The lowest BCUT2D eigenvalue weighted by molar-refractivity contribution is -0.124. The Labute approximate surface area is 118 Å². The van der Waals surface area contributed by atoms with E-state index >= 15 is 0 Å². The van der Waals surface area contributed by atoms with Gasteiger partial charge in [-0.15, -0.1) is 12.4 Å². The van der Waals surface area contributed by atoms with Gasteiger partial charge in [-0.2, -0.15) is 0 Å². The van der Waals surface area contributed by atoms with E-state index in [1.807, 2.05) is 0 Å². The van der Waals surface area contributed by atoms with Crippen LogP contribution < -0.4 is 10.6 Å². The zero-order valence-electron chi connectivity index (χ0n) is 10.9. The number of hydrogen-bond acceptors (Lipinski definition) is 2. The van der Waals surface area contributed by atoms with Gasteiger partial charge in [-0.3, -0.25) is 10.1 Å². The minimum absolute atomic E-state index is 0. The van der Waals surface area contributed by atoms with E-state index in [4.69, 9.17) is 0 Å². The number of nitrogens with one attached hydrogen (secondary N) is 2. The first-order valence-electron chi connectivity index (χ1n) is 6.90. The molecule has 0 aromatic rings. The number of amides is 1. The van der Waals surface area contributed by atoms with Gasteiger partial charge in [0.25, 0.3) is 5.92 Å². The normalized spacial score (nSPS) is 31.2. The molecule has 1 atom stereocenters. The molecule has 0 bridgehead atoms. The molecule has 1 saturated heterocycles. The van der Waals surface area contributed by atoms with E-state index in [9.17, 15) is 13.6 Å². The first-order valence-corrected chi connectivity index (χ1v) is 6.90. The van der Waals surface area contributed by atoms with Crippen molar-refractivity contribution in [2.45, 2.75) is 50.5 Å². The molecule has 19 heavy (non-hydrogen) atoms. The number of carbonyl (C=O) groups is 1. The fraction of sp³-hybridized carbons (Fsp3) is 0.923. The zero-order valence-corrected chi connectivity index (χ0v) is 11.7. The molecular formula is C13H21ClF2N2O. The Kier molecular flexibility index (Phi) is 4.07. The SMILES string of the molecule is Cl.O=C(NCC1(C2CC2)CCC1)C1CC(F)(F)CN1. The molecule has 0 aromatic carbocycles. The van der Waals surface area contributed by atoms with Crippen molar-refractivity contribution in [3.05, 3.63) is 0 Å². The van der Waals surface area contributed by atoms with Crippen LogP contribution in [0.3, 0.4) is 0 Å². The molecule has 0 radical (unpaired) electrons. The molecule has 0 spiro atoms. The van der Waals surface area contributed by atoms with Crippen molar-refractivity contribution in [3.63, 3.8) is 0 Å². The lowest BCUT2D eigenvalue weighted by Gasteiger charge is -2.42. The lowest BCUT2D eigenvalue weighted by Crippen LogP contribution is -2.48. The highest BCUT2D eigenvalue weighted by Crippen LogP contribution is 2.56. The van der Waals surface area contributed by atoms with Gasteiger partial charge in [0.1, 0.15) is 0 Å². The van der Waals surface area contributed by atoms with Gasteiger partial charge < -0.3 is 5.32 Å². The van der Waals surface area contributed by atoms with Crippen molar-refractivity contribution >= 4 is 18.3 Å². The number of alkyl halides is 2. The smallest absolute Gasteiger partial charge is 0.262 e. The van der Waals surface area contributed by atoms with Crippen LogP contribution in [0.25, 0.3) is 0 Å². The molecule has 6 heteroatoms. The van der Waals surface area contributed by atoms with E-state index in [0.717, 1.165) is 5.92 Å². The summed E-state index contributed by atoms with van der Waals surface area (Å²) >= 11 is 0. The zero-order chi connectivity index (χ0) is 12.8. The predicted octanol–water partition coefficient (Wildman–Crippen LogP) is 2.10. The van der Waals surface area contributed by atoms with Gasteiger partial charge in [-0.1, -0.05) is 6.42 Å². The number of halogens is 3. The second-order valence-electron chi connectivity index (χ2n) is 6.20. The summed E-state index contributed by atoms with van der Waals surface area (Å²) in [5.74, 6) is -2.21. The van der Waals surface area contributed by atoms with Crippen molar-refractivity contribution in [1.82, 2.24) is 10.6 Å². The van der Waals surface area contributed by atoms with Crippen LogP contribution in [-0.2, 0) is 4.79 Å². The maximum Gasteiger partial charge on any atom is 0.262 e. The van der Waals surface area contributed by atoms with Crippen molar-refractivity contribution in [2.24, 2.45) is 11.3 Å². The van der Waals surface area contributed by atoms with Crippen molar-refractivity contribution in [1.29, 1.82) is 0 Å². The van der Waals surface area contributed by atoms with Crippen LogP contribution >= 0.6 is 12.4 Å². The summed E-state index contributed by atoms with van der Waals surface area (Å²) in [6.07, 6.45) is 5.80. The van der Waals surface area contributed by atoms with E-state index in [-0.39, 0.29) is 31.3 Å². The Bertz CT molecular complexity index is 357. The molecule has 3 fully saturated rings. The molecule has 3 aliphatic rings. The number of carbonyl (C=O) groups excluding carboxylic acids is 1. The number of hydrogen-bond donors (Lipinski definition) is 2. The predicted molar refractivity (Wildman–Crippen MR) is 70.6 cm³/mol. The van der Waals surface area contributed by atoms with E-state index < -0.39 is 12.0 Å². The van der Waals surface area contributed by atoms with Gasteiger partial charge in [0.15, 0.2) is 0 Å². The van der Waals surface area contributed by atoms with Crippen LogP contribution in [0, 0.1) is 11.3 Å². The minimum atomic E-state index is -2.73. The summed E-state index contributed by atoms with van der Waals surface area (Å²) in [5.41, 5.74) is 0.302. The molecule has 1 amide bonds. The average Bonchev–Trinajstić information content (AvgIpc) is 3.01. The molecular weight excluding hydrogens is 274 g/mol. The van der Waals surface area contributed by atoms with E-state index in [1.165, 1.54) is 32.1 Å². The fourth-order valence-corrected chi connectivity index (χ4v) is 3.34. The van der Waals surface area contributed by atoms with E-state index in [1.54, 1.807) is 0 Å². The average molecular weight is 295 g/mol. The Balaban J connectivity index is 0.00000133. The Morgan fingerprint density at radius 3 is 2.42 bits per heavy atom. The monoisotopic (exact) mass is 294 g/mol. The lowest BCUT2D eigenvalue weighted by atomic mass is 9.65. The van der Waals surface area contributed by atoms with Crippen molar-refractivity contribution in [3.8, 4) is 0 Å². The Morgan fingerprint density at radius 2 is 2.00 bits per heavy atom. The largest absolute Gasteiger partial charge is 0.354 e. The molecule has 2 saturated carbocycles. The Hall–Kier alpha value is -0.420. The van der Waals surface area contributed by atoms with Crippen LogP contribution in [0.5, 0.6) is 0 Å². The third kappa shape index (κ3) is 3.02. The van der Waals surface area contributed by atoms with Gasteiger partial charge in [0.05, 0.1) is 12.6 Å². The van der Waals surface area contributed by atoms with Crippen molar-refractivity contribution in [2.75, 3.05) is 13.1 Å². The van der Waals surface area contributed by atoms with Gasteiger partial charge in [-0.05, 0) is 37.0 Å². The third-order valence-corrected chi connectivity index (χ3v) is 4.83. The summed E-state index contributed by atoms with van der Waals surface area (Å²) in [6, 6.07) is -0.712. The van der Waals surface area contributed by atoms with Crippen LogP contribution in [0.2, 0.25) is 0 Å². The topological polar surface area (TPSA) is 41.1 Å². The first kappa shape index (κ1) is 15.0. The summed E-state index contributed by atoms with van der Waals surface area (Å²) in [7, 11) is 0. The van der Waals surface area contributed by atoms with E-state index in [0.29, 0.717) is 12.0 Å². The molecule has 110 valence electrons. The van der Waals surface area contributed by atoms with Crippen LogP contribution in [0.15, 0.2) is 0 Å². The van der Waals surface area contributed by atoms with Gasteiger partial charge in [0.2, 0.25) is 5.91 Å². The highest BCUT2D eigenvalue weighted by Gasteiger charge is 2.49. The van der Waals surface area contributed by atoms with Gasteiger partial charge in [-0.25, -0.2) is 8.78 Å². The molecule has 2 aliphatic carbocycles. The molecule has 2 N–H and O–H groups in total. The third-order valence-electron chi connectivity index (χ3n) is 4.83. The second-order valence-corrected chi connectivity index (χ2v) is 6.20. The maximum atomic E-state index is 13.0. The molecule has 1 aliphatic heterocycles. The highest BCUT2D eigenvalue weighted by atomic mass is 35.5. The number of rotatable bonds is 4. The highest BCUT2D eigenvalue weighted by molar-refractivity contribution is 5.85. The molecule has 3 nitrogen and oxygen atoms in total. The second kappa shape index (κ2) is 5.17. The maximum absolute atomic E-state index is 13.0. The summed E-state index contributed by atoms with van der Waals surface area (Å²) in [6.45, 7) is 0.305. The van der Waals surface area contributed by atoms with E-state index in [2.05, 4.69) is 10.6 Å². The minimum Gasteiger partial charge on any atom is -0.354 e. The molecule has 1 unspecified atom stereocenters. The van der Waals surface area contributed by atoms with Crippen LogP contribution in [0.1, 0.15) is 38.5 Å². The molecule has 3 rings (SSSR count). The van der Waals surface area contributed by atoms with Crippen LogP contribution in [-0.4, -0.2) is 31.0 Å². The molecule has 0 aromatic heterocycles. The summed E-state index contributed by atoms with van der Waals surface area (Å²) < 4.78 is 26.0. The first-order chi connectivity index (χ1) is 8.51. The van der Waals surface area contributed by atoms with Crippen molar-refractivity contribution < 1.29 is 13.6 Å². The molecule has 1 heterocycles. The summed E-state index contributed by atoms with van der Waals surface area (Å²) in [4.78, 5) is 11.9. The van der Waals surface area contributed by atoms with Crippen LogP contribution in [0.4, 0.5) is 8.78 Å². The summed E-state index contributed by atoms with van der Waals surface area (Å²) in [5, 5.41) is 5.49. The van der Waals surface area contributed by atoms with Gasteiger partial charge in [0, 0.05) is 13.0 Å². The van der Waals surface area contributed by atoms with Gasteiger partial charge >= 0.3 is 0 Å². The fourth-order valence-electron chi connectivity index (χ4n) is 3.34.